The van der Waals surface area contributed by atoms with Gasteiger partial charge in [-0.1, -0.05) is 42.8 Å². The van der Waals surface area contributed by atoms with Gasteiger partial charge in [-0.3, -0.25) is 14.2 Å². The third-order valence-corrected chi connectivity index (χ3v) is 4.32. The topological polar surface area (TPSA) is 99.0 Å². The molecule has 0 aliphatic carbocycles. The van der Waals surface area contributed by atoms with Crippen molar-refractivity contribution in [3.63, 3.8) is 0 Å². The van der Waals surface area contributed by atoms with Gasteiger partial charge >= 0.3 is 0 Å². The first-order chi connectivity index (χ1) is 13.9. The average Bonchev–Trinajstić information content (AvgIpc) is 3.08. The van der Waals surface area contributed by atoms with Crippen molar-refractivity contribution in [2.24, 2.45) is 5.73 Å². The van der Waals surface area contributed by atoms with Crippen molar-refractivity contribution in [1.82, 2.24) is 19.3 Å². The average molecular weight is 390 g/mol. The number of hydrogen-bond acceptors (Lipinski definition) is 6. The third-order valence-electron chi connectivity index (χ3n) is 4.32. The number of Topliss-reactive ketones (excluding diaryl/α,β-unsaturated/α-hetero) is 1. The Morgan fingerprint density at radius 2 is 2.03 bits per heavy atom. The molecule has 0 spiro atoms. The van der Waals surface area contributed by atoms with E-state index in [-0.39, 0.29) is 18.9 Å². The van der Waals surface area contributed by atoms with Gasteiger partial charge in [0.25, 0.3) is 5.56 Å². The normalized spacial score (nSPS) is 10.4. The molecule has 0 aliphatic heterocycles. The summed E-state index contributed by atoms with van der Waals surface area (Å²) in [6.07, 6.45) is 1.49. The predicted molar refractivity (Wildman–Crippen MR) is 113 cm³/mol. The van der Waals surface area contributed by atoms with Crippen LogP contribution < -0.4 is 16.2 Å². The second kappa shape index (κ2) is 8.44. The van der Waals surface area contributed by atoms with Crippen LogP contribution >= 0.6 is 0 Å². The van der Waals surface area contributed by atoms with Crippen LogP contribution in [0.1, 0.15) is 17.3 Å². The highest BCUT2D eigenvalue weighted by atomic mass is 16.1. The number of fused-ring (bicyclic) bond motifs is 1. The van der Waals surface area contributed by atoms with E-state index in [2.05, 4.69) is 28.5 Å². The van der Waals surface area contributed by atoms with Crippen molar-refractivity contribution in [3.05, 3.63) is 64.7 Å². The SMILES string of the molecule is C=C(N)CN(C)c1nc2cnn(CC(=O)c3ccccc3)c(=O)c2n1CC#CC. The van der Waals surface area contributed by atoms with Gasteiger partial charge in [0.1, 0.15) is 17.6 Å². The van der Waals surface area contributed by atoms with Crippen LogP contribution in [0, 0.1) is 11.8 Å². The molecule has 2 heterocycles. The number of likely N-dealkylation sites (N-methyl/N-ethyl adjacent to an activating group) is 1. The van der Waals surface area contributed by atoms with Crippen LogP contribution in [0.2, 0.25) is 0 Å². The summed E-state index contributed by atoms with van der Waals surface area (Å²) in [5.74, 6) is 6.12. The molecule has 0 unspecified atom stereocenters. The Kier molecular flexibility index (Phi) is 5.79. The Hall–Kier alpha value is -3.86. The molecule has 0 amide bonds. The number of nitrogens with zero attached hydrogens (tertiary/aromatic N) is 5. The van der Waals surface area contributed by atoms with E-state index in [0.29, 0.717) is 34.8 Å². The van der Waals surface area contributed by atoms with Crippen LogP contribution in [0.25, 0.3) is 11.0 Å². The highest BCUT2D eigenvalue weighted by Crippen LogP contribution is 2.19. The summed E-state index contributed by atoms with van der Waals surface area (Å²) >= 11 is 0. The smallest absolute Gasteiger partial charge is 0.293 e. The molecule has 0 saturated carbocycles. The van der Waals surface area contributed by atoms with E-state index < -0.39 is 5.56 Å². The van der Waals surface area contributed by atoms with Crippen LogP contribution in [0.5, 0.6) is 0 Å². The fourth-order valence-corrected chi connectivity index (χ4v) is 3.01. The van der Waals surface area contributed by atoms with Gasteiger partial charge in [-0.25, -0.2) is 9.67 Å². The largest absolute Gasteiger partial charge is 0.401 e. The van der Waals surface area contributed by atoms with Crippen LogP contribution in [0.3, 0.4) is 0 Å². The zero-order chi connectivity index (χ0) is 21.0. The fourth-order valence-electron chi connectivity index (χ4n) is 3.01. The van der Waals surface area contributed by atoms with Crippen LogP contribution in [-0.2, 0) is 13.1 Å². The minimum atomic E-state index is -0.400. The van der Waals surface area contributed by atoms with Crippen LogP contribution in [-0.4, -0.2) is 38.7 Å². The Morgan fingerprint density at radius 3 is 2.69 bits per heavy atom. The Labute approximate surface area is 168 Å². The maximum atomic E-state index is 13.1. The molecule has 1 aromatic carbocycles. The maximum Gasteiger partial charge on any atom is 0.293 e. The van der Waals surface area contributed by atoms with Gasteiger partial charge in [-0.2, -0.15) is 5.10 Å². The summed E-state index contributed by atoms with van der Waals surface area (Å²) in [5, 5.41) is 4.14. The molecular weight excluding hydrogens is 368 g/mol. The number of benzene rings is 1. The number of carbonyl (C=O) groups excluding carboxylic acids is 1. The van der Waals surface area contributed by atoms with Crippen molar-refractivity contribution in [2.45, 2.75) is 20.0 Å². The van der Waals surface area contributed by atoms with Gasteiger partial charge in [0.05, 0.1) is 19.3 Å². The number of imidazole rings is 1. The summed E-state index contributed by atoms with van der Waals surface area (Å²) in [6.45, 7) is 5.93. The zero-order valence-electron chi connectivity index (χ0n) is 16.4. The second-order valence-corrected chi connectivity index (χ2v) is 6.57. The zero-order valence-corrected chi connectivity index (χ0v) is 16.4. The molecule has 8 heteroatoms. The van der Waals surface area contributed by atoms with E-state index in [1.165, 1.54) is 6.20 Å². The standard InChI is InChI=1S/C21H22N6O2/c1-4-5-11-26-19-17(24-21(26)25(3)13-15(2)22)12-23-27(20(19)29)14-18(28)16-9-7-6-8-10-16/h6-10,12H,2,11,13-14,22H2,1,3H3. The van der Waals surface area contributed by atoms with Crippen LogP contribution in [0.4, 0.5) is 5.95 Å². The Bertz CT molecular complexity index is 1180. The molecule has 0 saturated heterocycles. The van der Waals surface area contributed by atoms with E-state index in [1.807, 2.05) is 6.07 Å². The van der Waals surface area contributed by atoms with Gasteiger partial charge in [-0.05, 0) is 6.92 Å². The van der Waals surface area contributed by atoms with Crippen molar-refractivity contribution in [3.8, 4) is 11.8 Å². The van der Waals surface area contributed by atoms with E-state index >= 15 is 0 Å². The minimum Gasteiger partial charge on any atom is -0.401 e. The molecular formula is C21H22N6O2. The third kappa shape index (κ3) is 4.19. The minimum absolute atomic E-state index is 0.159. The van der Waals surface area contributed by atoms with Gasteiger partial charge in [0, 0.05) is 18.3 Å². The summed E-state index contributed by atoms with van der Waals surface area (Å²) in [5.41, 5.74) is 7.09. The number of hydrogen-bond donors (Lipinski definition) is 1. The second-order valence-electron chi connectivity index (χ2n) is 6.57. The van der Waals surface area contributed by atoms with Crippen LogP contribution in [0.15, 0.2) is 53.6 Å². The van der Waals surface area contributed by atoms with Gasteiger partial charge in [-0.15, -0.1) is 5.92 Å². The molecule has 29 heavy (non-hydrogen) atoms. The molecule has 3 rings (SSSR count). The summed E-state index contributed by atoms with van der Waals surface area (Å²) in [4.78, 5) is 31.9. The first-order valence-electron chi connectivity index (χ1n) is 9.01. The molecule has 0 radical (unpaired) electrons. The molecule has 0 bridgehead atoms. The summed E-state index contributed by atoms with van der Waals surface area (Å²) in [7, 11) is 1.81. The van der Waals surface area contributed by atoms with Gasteiger partial charge < -0.3 is 10.6 Å². The fraction of sp³-hybridized carbons (Fsp3) is 0.238. The van der Waals surface area contributed by atoms with Crippen molar-refractivity contribution in [1.29, 1.82) is 0 Å². The summed E-state index contributed by atoms with van der Waals surface area (Å²) < 4.78 is 2.86. The molecule has 2 aromatic heterocycles. The molecule has 0 fully saturated rings. The number of carbonyl (C=O) groups is 1. The molecule has 3 aromatic rings. The highest BCUT2D eigenvalue weighted by Gasteiger charge is 2.19. The monoisotopic (exact) mass is 390 g/mol. The number of nitrogens with two attached hydrogens (primary N) is 1. The number of anilines is 1. The maximum absolute atomic E-state index is 13.1. The lowest BCUT2D eigenvalue weighted by atomic mass is 10.1. The van der Waals surface area contributed by atoms with E-state index in [1.54, 1.807) is 47.7 Å². The lowest BCUT2D eigenvalue weighted by Gasteiger charge is -2.18. The first kappa shape index (κ1) is 19.9. The van der Waals surface area contributed by atoms with E-state index in [4.69, 9.17) is 5.73 Å². The number of aromatic nitrogens is 4. The Morgan fingerprint density at radius 1 is 1.31 bits per heavy atom. The lowest BCUT2D eigenvalue weighted by molar-refractivity contribution is 0.0966. The van der Waals surface area contributed by atoms with E-state index in [9.17, 15) is 9.59 Å². The number of ketones is 1. The highest BCUT2D eigenvalue weighted by molar-refractivity contribution is 5.95. The predicted octanol–water partition coefficient (Wildman–Crippen LogP) is 1.41. The van der Waals surface area contributed by atoms with Gasteiger partial charge in [0.15, 0.2) is 5.78 Å². The molecule has 8 nitrogen and oxygen atoms in total. The van der Waals surface area contributed by atoms with Crippen molar-refractivity contribution >= 4 is 22.8 Å². The quantitative estimate of drug-likeness (QED) is 0.484. The summed E-state index contributed by atoms with van der Waals surface area (Å²) in [6, 6.07) is 8.80. The van der Waals surface area contributed by atoms with Crippen molar-refractivity contribution < 1.29 is 4.79 Å². The molecule has 0 atom stereocenters. The first-order valence-corrected chi connectivity index (χ1v) is 9.01. The number of rotatable bonds is 7. The van der Waals surface area contributed by atoms with E-state index in [0.717, 1.165) is 4.68 Å². The molecule has 2 N–H and O–H groups in total. The molecule has 0 aliphatic rings. The Balaban J connectivity index is 2.07. The van der Waals surface area contributed by atoms with Gasteiger partial charge in [0.2, 0.25) is 5.95 Å². The molecule has 148 valence electrons. The lowest BCUT2D eigenvalue weighted by Crippen LogP contribution is -2.29. The van der Waals surface area contributed by atoms with Crippen molar-refractivity contribution in [2.75, 3.05) is 18.5 Å².